The van der Waals surface area contributed by atoms with E-state index in [1.54, 1.807) is 12.1 Å². The van der Waals surface area contributed by atoms with Crippen LogP contribution in [0.1, 0.15) is 24.1 Å². The number of amides is 1. The first-order valence-corrected chi connectivity index (χ1v) is 7.50. The van der Waals surface area contributed by atoms with Crippen molar-refractivity contribution in [3.05, 3.63) is 41.3 Å². The zero-order valence-corrected chi connectivity index (χ0v) is 12.7. The van der Waals surface area contributed by atoms with E-state index in [4.69, 9.17) is 0 Å². The number of carbonyl (C=O) groups is 1. The molecular weight excluding hydrogens is 326 g/mol. The molecule has 128 valence electrons. The van der Waals surface area contributed by atoms with Gasteiger partial charge in [-0.05, 0) is 12.1 Å². The lowest BCUT2D eigenvalue weighted by molar-refractivity contribution is -0.149. The van der Waals surface area contributed by atoms with Crippen molar-refractivity contribution >= 4 is 5.91 Å². The highest BCUT2D eigenvalue weighted by Gasteiger charge is 2.31. The van der Waals surface area contributed by atoms with Gasteiger partial charge in [0.2, 0.25) is 5.91 Å². The molecule has 1 aliphatic rings. The molecular formula is C16H15F4N3O. The number of H-pyrrole nitrogens is 1. The van der Waals surface area contributed by atoms with Crippen molar-refractivity contribution in [3.63, 3.8) is 0 Å². The topological polar surface area (TPSA) is 49.0 Å². The van der Waals surface area contributed by atoms with Crippen LogP contribution >= 0.6 is 0 Å². The largest absolute Gasteiger partial charge is 0.389 e. The third-order valence-corrected chi connectivity index (χ3v) is 4.01. The van der Waals surface area contributed by atoms with Crippen molar-refractivity contribution in [3.8, 4) is 11.3 Å². The van der Waals surface area contributed by atoms with Gasteiger partial charge in [0.15, 0.2) is 0 Å². The molecule has 2 heterocycles. The molecule has 1 amide bonds. The van der Waals surface area contributed by atoms with E-state index >= 15 is 0 Å². The number of hydrogen-bond acceptors (Lipinski definition) is 2. The smallest absolute Gasteiger partial charge is 0.338 e. The SMILES string of the molecule is O=C(CCC(F)(F)F)N1CCc2[nH]nc(-c3cccc(F)c3)c2C1. The summed E-state index contributed by atoms with van der Waals surface area (Å²) in [5.74, 6) is -0.942. The van der Waals surface area contributed by atoms with Gasteiger partial charge in [-0.2, -0.15) is 18.3 Å². The molecule has 0 fully saturated rings. The molecule has 1 aliphatic heterocycles. The van der Waals surface area contributed by atoms with Crippen LogP contribution in [-0.2, 0) is 17.8 Å². The van der Waals surface area contributed by atoms with E-state index < -0.39 is 30.7 Å². The highest BCUT2D eigenvalue weighted by molar-refractivity contribution is 5.77. The summed E-state index contributed by atoms with van der Waals surface area (Å²) in [7, 11) is 0. The maximum absolute atomic E-state index is 13.4. The van der Waals surface area contributed by atoms with Crippen LogP contribution < -0.4 is 0 Å². The van der Waals surface area contributed by atoms with Gasteiger partial charge in [0.25, 0.3) is 0 Å². The number of hydrogen-bond donors (Lipinski definition) is 1. The van der Waals surface area contributed by atoms with Crippen LogP contribution in [0.5, 0.6) is 0 Å². The second-order valence-electron chi connectivity index (χ2n) is 5.72. The summed E-state index contributed by atoms with van der Waals surface area (Å²) in [6, 6.07) is 5.90. The first-order chi connectivity index (χ1) is 11.3. The summed E-state index contributed by atoms with van der Waals surface area (Å²) in [6.07, 6.45) is -5.56. The van der Waals surface area contributed by atoms with Crippen LogP contribution in [-0.4, -0.2) is 33.7 Å². The normalized spacial score (nSPS) is 14.6. The molecule has 0 atom stereocenters. The molecule has 3 rings (SSSR count). The number of fused-ring (bicyclic) bond motifs is 1. The van der Waals surface area contributed by atoms with E-state index in [0.717, 1.165) is 11.3 Å². The first kappa shape index (κ1) is 16.5. The van der Waals surface area contributed by atoms with E-state index in [-0.39, 0.29) is 6.54 Å². The van der Waals surface area contributed by atoms with Crippen LogP contribution in [0.2, 0.25) is 0 Å². The molecule has 0 unspecified atom stereocenters. The van der Waals surface area contributed by atoms with Gasteiger partial charge in [-0.1, -0.05) is 12.1 Å². The molecule has 1 aromatic heterocycles. The molecule has 0 aliphatic carbocycles. The van der Waals surface area contributed by atoms with Gasteiger partial charge in [0.05, 0.1) is 12.1 Å². The highest BCUT2D eigenvalue weighted by Crippen LogP contribution is 2.29. The Kier molecular flexibility index (Phi) is 4.29. The Morgan fingerprint density at radius 3 is 2.83 bits per heavy atom. The molecule has 0 saturated heterocycles. The minimum Gasteiger partial charge on any atom is -0.338 e. The Labute approximate surface area is 135 Å². The van der Waals surface area contributed by atoms with Crippen LogP contribution in [0.3, 0.4) is 0 Å². The maximum Gasteiger partial charge on any atom is 0.389 e. The maximum atomic E-state index is 13.4. The Bertz CT molecular complexity index is 754. The van der Waals surface area contributed by atoms with Crippen LogP contribution in [0, 0.1) is 5.82 Å². The molecule has 1 aromatic carbocycles. The minimum absolute atomic E-state index is 0.175. The Hall–Kier alpha value is -2.38. The van der Waals surface area contributed by atoms with Crippen LogP contribution in [0.15, 0.2) is 24.3 Å². The number of benzene rings is 1. The average molecular weight is 341 g/mol. The summed E-state index contributed by atoms with van der Waals surface area (Å²) in [6.45, 7) is 0.517. The fraction of sp³-hybridized carbons (Fsp3) is 0.375. The average Bonchev–Trinajstić information content (AvgIpc) is 2.95. The fourth-order valence-electron chi connectivity index (χ4n) is 2.79. The zero-order valence-electron chi connectivity index (χ0n) is 12.7. The van der Waals surface area contributed by atoms with Gasteiger partial charge in [-0.3, -0.25) is 9.89 Å². The second-order valence-corrected chi connectivity index (χ2v) is 5.72. The second kappa shape index (κ2) is 6.26. The molecule has 0 spiro atoms. The lowest BCUT2D eigenvalue weighted by Crippen LogP contribution is -2.36. The van der Waals surface area contributed by atoms with Gasteiger partial charge < -0.3 is 4.90 Å². The highest BCUT2D eigenvalue weighted by atomic mass is 19.4. The van der Waals surface area contributed by atoms with E-state index in [1.165, 1.54) is 17.0 Å². The van der Waals surface area contributed by atoms with Crippen molar-refractivity contribution < 1.29 is 22.4 Å². The van der Waals surface area contributed by atoms with Crippen LogP contribution in [0.25, 0.3) is 11.3 Å². The van der Waals surface area contributed by atoms with E-state index in [0.29, 0.717) is 24.2 Å². The fourth-order valence-corrected chi connectivity index (χ4v) is 2.79. The summed E-state index contributed by atoms with van der Waals surface area (Å²) in [4.78, 5) is 13.4. The minimum atomic E-state index is -4.35. The number of aromatic amines is 1. The van der Waals surface area contributed by atoms with E-state index in [9.17, 15) is 22.4 Å². The molecule has 0 saturated carbocycles. The summed E-state index contributed by atoms with van der Waals surface area (Å²) in [5.41, 5.74) is 2.65. The van der Waals surface area contributed by atoms with Gasteiger partial charge in [0, 0.05) is 42.8 Å². The number of alkyl halides is 3. The first-order valence-electron chi connectivity index (χ1n) is 7.50. The number of nitrogens with zero attached hydrogens (tertiary/aromatic N) is 2. The standard InChI is InChI=1S/C16H15F4N3O/c17-11-3-1-2-10(8-11)15-12-9-23(7-5-13(12)21-22-15)14(24)4-6-16(18,19)20/h1-3,8H,4-7,9H2,(H,21,22). The molecule has 2 aromatic rings. The quantitative estimate of drug-likeness (QED) is 0.870. The number of halogens is 4. The molecule has 4 nitrogen and oxygen atoms in total. The van der Waals surface area contributed by atoms with E-state index in [1.807, 2.05) is 0 Å². The zero-order chi connectivity index (χ0) is 17.3. The van der Waals surface area contributed by atoms with Crippen molar-refractivity contribution in [2.45, 2.75) is 32.0 Å². The molecule has 1 N–H and O–H groups in total. The number of carbonyl (C=O) groups excluding carboxylic acids is 1. The Morgan fingerprint density at radius 2 is 2.12 bits per heavy atom. The van der Waals surface area contributed by atoms with Crippen LogP contribution in [0.4, 0.5) is 17.6 Å². The lowest BCUT2D eigenvalue weighted by Gasteiger charge is -2.27. The Morgan fingerprint density at radius 1 is 1.33 bits per heavy atom. The lowest BCUT2D eigenvalue weighted by atomic mass is 10.0. The number of nitrogens with one attached hydrogen (secondary N) is 1. The molecule has 8 heteroatoms. The molecule has 24 heavy (non-hydrogen) atoms. The summed E-state index contributed by atoms with van der Waals surface area (Å²) >= 11 is 0. The Balaban J connectivity index is 1.78. The van der Waals surface area contributed by atoms with E-state index in [2.05, 4.69) is 10.2 Å². The van der Waals surface area contributed by atoms with Gasteiger partial charge >= 0.3 is 6.18 Å². The van der Waals surface area contributed by atoms with Gasteiger partial charge in [-0.25, -0.2) is 4.39 Å². The van der Waals surface area contributed by atoms with Crippen molar-refractivity contribution in [1.29, 1.82) is 0 Å². The predicted molar refractivity (Wildman–Crippen MR) is 78.4 cm³/mol. The van der Waals surface area contributed by atoms with Gasteiger partial charge in [0.1, 0.15) is 5.82 Å². The summed E-state index contributed by atoms with van der Waals surface area (Å²) in [5, 5.41) is 7.05. The molecule has 0 radical (unpaired) electrons. The van der Waals surface area contributed by atoms with Crippen molar-refractivity contribution in [2.75, 3.05) is 6.54 Å². The van der Waals surface area contributed by atoms with Crippen molar-refractivity contribution in [1.82, 2.24) is 15.1 Å². The van der Waals surface area contributed by atoms with Gasteiger partial charge in [-0.15, -0.1) is 0 Å². The van der Waals surface area contributed by atoms with Crippen molar-refractivity contribution in [2.24, 2.45) is 0 Å². The number of rotatable bonds is 3. The third kappa shape index (κ3) is 3.58. The third-order valence-electron chi connectivity index (χ3n) is 4.01. The molecule has 0 bridgehead atoms. The monoisotopic (exact) mass is 341 g/mol. The predicted octanol–water partition coefficient (Wildman–Crippen LogP) is 3.44. The number of aromatic nitrogens is 2. The summed E-state index contributed by atoms with van der Waals surface area (Å²) < 4.78 is 50.2.